The lowest BCUT2D eigenvalue weighted by atomic mass is 9.85. The number of piperazine rings is 1. The monoisotopic (exact) mass is 368 g/mol. The Morgan fingerprint density at radius 3 is 2.17 bits per heavy atom. The van der Waals surface area contributed by atoms with E-state index in [0.717, 1.165) is 39.0 Å². The summed E-state index contributed by atoms with van der Waals surface area (Å²) in [4.78, 5) is 2.23. The van der Waals surface area contributed by atoms with Crippen molar-refractivity contribution in [3.63, 3.8) is 0 Å². The molecule has 3 rings (SSSR count). The van der Waals surface area contributed by atoms with Crippen LogP contribution in [0.25, 0.3) is 0 Å². The highest BCUT2D eigenvalue weighted by atomic mass is 35.5. The van der Waals surface area contributed by atoms with Crippen LogP contribution < -0.4 is 5.32 Å². The van der Waals surface area contributed by atoms with Crippen LogP contribution in [0.3, 0.4) is 0 Å². The minimum atomic E-state index is -0.426. The Morgan fingerprint density at radius 2 is 1.61 bits per heavy atom. The van der Waals surface area contributed by atoms with Gasteiger partial charge in [0.25, 0.3) is 0 Å². The molecule has 0 bridgehead atoms. The molecule has 2 aliphatic rings. The minimum absolute atomic E-state index is 0. The number of hydrogen-bond acceptors (Lipinski definition) is 3. The van der Waals surface area contributed by atoms with E-state index in [1.807, 2.05) is 0 Å². The van der Waals surface area contributed by atoms with E-state index in [1.165, 1.54) is 18.2 Å². The molecule has 0 saturated carbocycles. The van der Waals surface area contributed by atoms with Crippen molar-refractivity contribution >= 4 is 24.8 Å². The van der Waals surface area contributed by atoms with Gasteiger partial charge in [0.15, 0.2) is 0 Å². The predicted molar refractivity (Wildman–Crippen MR) is 91.6 cm³/mol. The third kappa shape index (κ3) is 4.77. The number of rotatable bonds is 3. The molecule has 2 fully saturated rings. The Hall–Kier alpha value is -0.460. The highest BCUT2D eigenvalue weighted by Crippen LogP contribution is 2.37. The zero-order valence-electron chi connectivity index (χ0n) is 13.0. The van der Waals surface area contributed by atoms with E-state index in [2.05, 4.69) is 10.2 Å². The number of nitrogens with one attached hydrogen (secondary N) is 1. The van der Waals surface area contributed by atoms with Gasteiger partial charge < -0.3 is 10.1 Å². The van der Waals surface area contributed by atoms with Gasteiger partial charge in [-0.1, -0.05) is 6.07 Å². The van der Waals surface area contributed by atoms with E-state index in [-0.39, 0.29) is 42.3 Å². The molecule has 2 saturated heterocycles. The standard InChI is InChI=1S/C16H22F2N2O.2ClH/c17-13-2-1-3-14(18)15(13)16(12-4-10-21-11-5-12)20-8-6-19-7-9-20;;/h1-3,12,16,19H,4-11H2;2*1H/t16-;;/m0../s1. The van der Waals surface area contributed by atoms with Crippen molar-refractivity contribution in [1.29, 1.82) is 0 Å². The zero-order valence-corrected chi connectivity index (χ0v) is 14.6. The lowest BCUT2D eigenvalue weighted by Crippen LogP contribution is -2.48. The van der Waals surface area contributed by atoms with Crippen molar-refractivity contribution in [3.8, 4) is 0 Å². The zero-order chi connectivity index (χ0) is 14.7. The van der Waals surface area contributed by atoms with Crippen molar-refractivity contribution < 1.29 is 13.5 Å². The van der Waals surface area contributed by atoms with Gasteiger partial charge in [-0.05, 0) is 30.9 Å². The maximum absolute atomic E-state index is 14.3. The van der Waals surface area contributed by atoms with Gasteiger partial charge in [0, 0.05) is 51.0 Å². The van der Waals surface area contributed by atoms with Crippen LogP contribution in [-0.2, 0) is 4.74 Å². The van der Waals surface area contributed by atoms with Gasteiger partial charge in [-0.3, -0.25) is 4.90 Å². The van der Waals surface area contributed by atoms with Crippen LogP contribution in [0, 0.1) is 17.6 Å². The van der Waals surface area contributed by atoms with Crippen molar-refractivity contribution in [1.82, 2.24) is 10.2 Å². The van der Waals surface area contributed by atoms with Gasteiger partial charge in [-0.25, -0.2) is 8.78 Å². The highest BCUT2D eigenvalue weighted by molar-refractivity contribution is 5.85. The lowest BCUT2D eigenvalue weighted by Gasteiger charge is -2.41. The number of benzene rings is 1. The first kappa shape index (κ1) is 20.6. The molecular weight excluding hydrogens is 345 g/mol. The van der Waals surface area contributed by atoms with Gasteiger partial charge in [0.05, 0.1) is 0 Å². The summed E-state index contributed by atoms with van der Waals surface area (Å²) in [7, 11) is 0. The first-order valence-corrected chi connectivity index (χ1v) is 7.74. The quantitative estimate of drug-likeness (QED) is 0.886. The molecule has 2 aliphatic heterocycles. The average molecular weight is 369 g/mol. The van der Waals surface area contributed by atoms with Crippen molar-refractivity contribution in [2.24, 2.45) is 5.92 Å². The smallest absolute Gasteiger partial charge is 0.130 e. The molecule has 1 aromatic carbocycles. The first-order chi connectivity index (χ1) is 10.3. The third-order valence-corrected chi connectivity index (χ3v) is 4.55. The molecule has 1 aromatic rings. The van der Waals surface area contributed by atoms with E-state index in [4.69, 9.17) is 4.74 Å². The SMILES string of the molecule is Cl.Cl.Fc1cccc(F)c1[C@H](C1CCOCC1)N1CCNCC1. The fourth-order valence-electron chi connectivity index (χ4n) is 3.50. The summed E-state index contributed by atoms with van der Waals surface area (Å²) < 4.78 is 34.0. The first-order valence-electron chi connectivity index (χ1n) is 7.74. The van der Waals surface area contributed by atoms with E-state index in [0.29, 0.717) is 13.2 Å². The summed E-state index contributed by atoms with van der Waals surface area (Å²) in [5.74, 6) is -0.599. The van der Waals surface area contributed by atoms with Gasteiger partial charge >= 0.3 is 0 Å². The van der Waals surface area contributed by atoms with Gasteiger partial charge in [-0.15, -0.1) is 24.8 Å². The van der Waals surface area contributed by atoms with E-state index in [9.17, 15) is 8.78 Å². The van der Waals surface area contributed by atoms with E-state index in [1.54, 1.807) is 0 Å². The van der Waals surface area contributed by atoms with Crippen LogP contribution in [0.5, 0.6) is 0 Å². The van der Waals surface area contributed by atoms with Crippen LogP contribution in [0.15, 0.2) is 18.2 Å². The highest BCUT2D eigenvalue weighted by Gasteiger charge is 2.34. The van der Waals surface area contributed by atoms with Crippen LogP contribution in [0.2, 0.25) is 0 Å². The molecule has 1 atom stereocenters. The summed E-state index contributed by atoms with van der Waals surface area (Å²) in [6.45, 7) is 4.77. The second-order valence-electron chi connectivity index (χ2n) is 5.82. The van der Waals surface area contributed by atoms with Crippen LogP contribution in [0.4, 0.5) is 8.78 Å². The molecule has 0 amide bonds. The van der Waals surface area contributed by atoms with E-state index >= 15 is 0 Å². The second-order valence-corrected chi connectivity index (χ2v) is 5.82. The van der Waals surface area contributed by atoms with Gasteiger partial charge in [-0.2, -0.15) is 0 Å². The Morgan fingerprint density at radius 1 is 1.04 bits per heavy atom. The number of hydrogen-bond donors (Lipinski definition) is 1. The summed E-state index contributed by atoms with van der Waals surface area (Å²) in [5.41, 5.74) is 0.242. The summed E-state index contributed by atoms with van der Waals surface area (Å²) in [5, 5.41) is 3.30. The van der Waals surface area contributed by atoms with Gasteiger partial charge in [0.1, 0.15) is 11.6 Å². The molecule has 0 aromatic heterocycles. The molecule has 1 N–H and O–H groups in total. The maximum atomic E-state index is 14.3. The average Bonchev–Trinajstić information content (AvgIpc) is 2.53. The van der Waals surface area contributed by atoms with Gasteiger partial charge in [0.2, 0.25) is 0 Å². The number of halogens is 4. The largest absolute Gasteiger partial charge is 0.381 e. The normalized spacial score (nSPS) is 21.1. The molecular formula is C16H24Cl2F2N2O. The molecule has 132 valence electrons. The molecule has 3 nitrogen and oxygen atoms in total. The second kappa shape index (κ2) is 9.74. The van der Waals surface area contributed by atoms with Crippen LogP contribution in [-0.4, -0.2) is 44.3 Å². The maximum Gasteiger partial charge on any atom is 0.130 e. The van der Waals surface area contributed by atoms with E-state index < -0.39 is 11.6 Å². The summed E-state index contributed by atoms with van der Waals surface area (Å²) in [6.07, 6.45) is 1.73. The lowest BCUT2D eigenvalue weighted by molar-refractivity contribution is 0.0192. The molecule has 0 radical (unpaired) electrons. The number of nitrogens with zero attached hydrogens (tertiary/aromatic N) is 1. The predicted octanol–water partition coefficient (Wildman–Crippen LogP) is 3.18. The topological polar surface area (TPSA) is 24.5 Å². The van der Waals surface area contributed by atoms with Crippen molar-refractivity contribution in [2.75, 3.05) is 39.4 Å². The number of ether oxygens (including phenoxy) is 1. The third-order valence-electron chi connectivity index (χ3n) is 4.55. The minimum Gasteiger partial charge on any atom is -0.381 e. The van der Waals surface area contributed by atoms with Crippen LogP contribution >= 0.6 is 24.8 Å². The fourth-order valence-corrected chi connectivity index (χ4v) is 3.50. The van der Waals surface area contributed by atoms with Crippen molar-refractivity contribution in [2.45, 2.75) is 18.9 Å². The molecule has 23 heavy (non-hydrogen) atoms. The Bertz CT molecular complexity index is 443. The van der Waals surface area contributed by atoms with Crippen molar-refractivity contribution in [3.05, 3.63) is 35.4 Å². The Labute approximate surface area is 148 Å². The summed E-state index contributed by atoms with van der Waals surface area (Å²) >= 11 is 0. The Kier molecular flexibility index (Phi) is 8.72. The summed E-state index contributed by atoms with van der Waals surface area (Å²) in [6, 6.07) is 3.99. The van der Waals surface area contributed by atoms with Crippen LogP contribution in [0.1, 0.15) is 24.4 Å². The molecule has 7 heteroatoms. The molecule has 2 heterocycles. The molecule has 0 unspecified atom stereocenters. The Balaban J connectivity index is 0.00000132. The fraction of sp³-hybridized carbons (Fsp3) is 0.625. The molecule has 0 spiro atoms. The molecule has 0 aliphatic carbocycles.